The first-order valence-corrected chi connectivity index (χ1v) is 7.29. The van der Waals surface area contributed by atoms with Crippen molar-refractivity contribution in [3.8, 4) is 0 Å². The maximum atomic E-state index is 2.41. The van der Waals surface area contributed by atoms with Crippen LogP contribution in [0.5, 0.6) is 0 Å². The van der Waals surface area contributed by atoms with E-state index in [1.807, 2.05) is 0 Å². The molecule has 0 bridgehead atoms. The molecular weight excluding hydrogens is 228 g/mol. The lowest BCUT2D eigenvalue weighted by Crippen LogP contribution is -2.21. The van der Waals surface area contributed by atoms with Crippen molar-refractivity contribution >= 4 is 0 Å². The molecule has 0 nitrogen and oxygen atoms in total. The van der Waals surface area contributed by atoms with E-state index in [1.165, 1.54) is 40.7 Å². The Labute approximate surface area is 114 Å². The lowest BCUT2D eigenvalue weighted by Gasteiger charge is -2.36. The van der Waals surface area contributed by atoms with Gasteiger partial charge < -0.3 is 0 Å². The summed E-state index contributed by atoms with van der Waals surface area (Å²) in [4.78, 5) is 0. The zero-order valence-corrected chi connectivity index (χ0v) is 11.3. The highest BCUT2D eigenvalue weighted by atomic mass is 14.4. The smallest absolute Gasteiger partial charge is 0.0348 e. The van der Waals surface area contributed by atoms with E-state index >= 15 is 0 Å². The Morgan fingerprint density at radius 1 is 1.05 bits per heavy atom. The monoisotopic (exact) mass is 246 g/mol. The van der Waals surface area contributed by atoms with Gasteiger partial charge in [0.1, 0.15) is 0 Å². The Hall–Kier alpha value is -1.82. The molecule has 0 saturated carbocycles. The largest absolute Gasteiger partial charge is 0.0795 e. The van der Waals surface area contributed by atoms with Crippen molar-refractivity contribution in [3.05, 3.63) is 82.0 Å². The molecule has 0 saturated heterocycles. The van der Waals surface area contributed by atoms with E-state index < -0.39 is 0 Å². The average molecular weight is 246 g/mol. The van der Waals surface area contributed by atoms with Crippen LogP contribution in [0.4, 0.5) is 0 Å². The molecule has 1 unspecified atom stereocenters. The van der Waals surface area contributed by atoms with E-state index in [0.29, 0.717) is 5.92 Å². The van der Waals surface area contributed by atoms with E-state index in [0.717, 1.165) is 6.42 Å². The SMILES string of the molecule is CCCC1=CC2=CC=C3C=CCC4=C3C2C(=C1)C=C4. The Kier molecular flexibility index (Phi) is 2.38. The van der Waals surface area contributed by atoms with Gasteiger partial charge in [-0.2, -0.15) is 0 Å². The third kappa shape index (κ3) is 1.59. The standard InChI is InChI=1S/C19H18/c1-2-4-13-11-16-9-7-14-5-3-6-15-8-10-17(12-13)19(16)18(14)15/h3,5,7-12,19H,2,4,6H2,1H3. The summed E-state index contributed by atoms with van der Waals surface area (Å²) < 4.78 is 0. The van der Waals surface area contributed by atoms with Gasteiger partial charge in [-0.15, -0.1) is 0 Å². The molecule has 0 aromatic heterocycles. The van der Waals surface area contributed by atoms with Crippen molar-refractivity contribution in [2.75, 3.05) is 0 Å². The summed E-state index contributed by atoms with van der Waals surface area (Å²) in [6, 6.07) is 0. The number of allylic oxidation sites excluding steroid dienone is 14. The van der Waals surface area contributed by atoms with Crippen LogP contribution < -0.4 is 0 Å². The molecule has 0 fully saturated rings. The molecule has 0 aromatic carbocycles. The summed E-state index contributed by atoms with van der Waals surface area (Å²) in [5.74, 6) is 0.505. The van der Waals surface area contributed by atoms with Gasteiger partial charge in [-0.25, -0.2) is 0 Å². The molecule has 1 atom stereocenters. The van der Waals surface area contributed by atoms with Gasteiger partial charge in [0.25, 0.3) is 0 Å². The molecular formula is C19H18. The van der Waals surface area contributed by atoms with Crippen LogP contribution in [0.1, 0.15) is 26.2 Å². The zero-order valence-electron chi connectivity index (χ0n) is 11.3. The number of hydrogen-bond donors (Lipinski definition) is 0. The van der Waals surface area contributed by atoms with Gasteiger partial charge in [0.05, 0.1) is 0 Å². The molecule has 0 spiro atoms. The first-order valence-electron chi connectivity index (χ1n) is 7.29. The number of rotatable bonds is 2. The second-order valence-corrected chi connectivity index (χ2v) is 5.71. The predicted molar refractivity (Wildman–Crippen MR) is 80.7 cm³/mol. The van der Waals surface area contributed by atoms with Crippen LogP contribution >= 0.6 is 0 Å². The predicted octanol–water partition coefficient (Wildman–Crippen LogP) is 4.96. The third-order valence-corrected chi connectivity index (χ3v) is 4.42. The molecule has 0 aliphatic heterocycles. The lowest BCUT2D eigenvalue weighted by atomic mass is 9.68. The molecule has 0 heteroatoms. The fourth-order valence-electron chi connectivity index (χ4n) is 3.62. The second-order valence-electron chi connectivity index (χ2n) is 5.71. The Morgan fingerprint density at radius 3 is 2.89 bits per heavy atom. The second kappa shape index (κ2) is 4.09. The molecule has 0 aromatic rings. The summed E-state index contributed by atoms with van der Waals surface area (Å²) in [6.45, 7) is 2.25. The highest BCUT2D eigenvalue weighted by Crippen LogP contribution is 2.47. The molecule has 0 amide bonds. The van der Waals surface area contributed by atoms with Crippen LogP contribution in [0.25, 0.3) is 0 Å². The third-order valence-electron chi connectivity index (χ3n) is 4.42. The van der Waals surface area contributed by atoms with Crippen molar-refractivity contribution in [2.24, 2.45) is 5.92 Å². The van der Waals surface area contributed by atoms with Crippen molar-refractivity contribution in [1.29, 1.82) is 0 Å². The molecule has 94 valence electrons. The van der Waals surface area contributed by atoms with Crippen LogP contribution in [0.3, 0.4) is 0 Å². The summed E-state index contributed by atoms with van der Waals surface area (Å²) >= 11 is 0. The Bertz CT molecular complexity index is 654. The minimum Gasteiger partial charge on any atom is -0.0795 e. The molecule has 0 heterocycles. The van der Waals surface area contributed by atoms with E-state index in [1.54, 1.807) is 5.57 Å². The average Bonchev–Trinajstić information content (AvgIpc) is 2.45. The van der Waals surface area contributed by atoms with Crippen molar-refractivity contribution in [1.82, 2.24) is 0 Å². The number of hydrogen-bond acceptors (Lipinski definition) is 0. The first-order chi connectivity index (χ1) is 9.36. The van der Waals surface area contributed by atoms with E-state index in [-0.39, 0.29) is 0 Å². The fraction of sp³-hybridized carbons (Fsp3) is 0.263. The minimum absolute atomic E-state index is 0.505. The zero-order chi connectivity index (χ0) is 12.8. The topological polar surface area (TPSA) is 0 Å². The lowest BCUT2D eigenvalue weighted by molar-refractivity contribution is 0.816. The van der Waals surface area contributed by atoms with Gasteiger partial charge in [-0.3, -0.25) is 0 Å². The fourth-order valence-corrected chi connectivity index (χ4v) is 3.62. The molecule has 19 heavy (non-hydrogen) atoms. The van der Waals surface area contributed by atoms with Gasteiger partial charge >= 0.3 is 0 Å². The summed E-state index contributed by atoms with van der Waals surface area (Å²) in [5, 5.41) is 0. The van der Waals surface area contributed by atoms with E-state index in [9.17, 15) is 0 Å². The normalized spacial score (nSPS) is 26.5. The van der Waals surface area contributed by atoms with Gasteiger partial charge in [0, 0.05) is 5.92 Å². The van der Waals surface area contributed by atoms with Crippen molar-refractivity contribution in [3.63, 3.8) is 0 Å². The summed E-state index contributed by atoms with van der Waals surface area (Å²) in [6.07, 6.45) is 22.1. The first kappa shape index (κ1) is 11.0. The van der Waals surface area contributed by atoms with Crippen LogP contribution in [-0.4, -0.2) is 0 Å². The Morgan fingerprint density at radius 2 is 2.00 bits per heavy atom. The quantitative estimate of drug-likeness (QED) is 0.646. The maximum Gasteiger partial charge on any atom is 0.0348 e. The van der Waals surface area contributed by atoms with Gasteiger partial charge in [0.15, 0.2) is 0 Å². The highest BCUT2D eigenvalue weighted by molar-refractivity contribution is 5.67. The molecule has 0 radical (unpaired) electrons. The van der Waals surface area contributed by atoms with Crippen LogP contribution in [0.15, 0.2) is 82.0 Å². The summed E-state index contributed by atoms with van der Waals surface area (Å²) in [7, 11) is 0. The van der Waals surface area contributed by atoms with Gasteiger partial charge in [-0.1, -0.05) is 62.0 Å². The van der Waals surface area contributed by atoms with Gasteiger partial charge in [-0.05, 0) is 46.3 Å². The summed E-state index contributed by atoms with van der Waals surface area (Å²) in [5.41, 5.74) is 8.93. The van der Waals surface area contributed by atoms with Crippen LogP contribution in [0, 0.1) is 5.92 Å². The van der Waals surface area contributed by atoms with Crippen molar-refractivity contribution < 1.29 is 0 Å². The van der Waals surface area contributed by atoms with Crippen molar-refractivity contribution in [2.45, 2.75) is 26.2 Å². The van der Waals surface area contributed by atoms with E-state index in [4.69, 9.17) is 0 Å². The van der Waals surface area contributed by atoms with Crippen LogP contribution in [-0.2, 0) is 0 Å². The van der Waals surface area contributed by atoms with E-state index in [2.05, 4.69) is 55.5 Å². The molecule has 4 aliphatic carbocycles. The van der Waals surface area contributed by atoms with Crippen LogP contribution in [0.2, 0.25) is 0 Å². The molecule has 0 N–H and O–H groups in total. The molecule has 4 aliphatic rings. The minimum atomic E-state index is 0.505. The maximum absolute atomic E-state index is 2.41. The Balaban J connectivity index is 1.89. The van der Waals surface area contributed by atoms with Gasteiger partial charge in [0.2, 0.25) is 0 Å². The molecule has 4 rings (SSSR count). The highest BCUT2D eigenvalue weighted by Gasteiger charge is 2.32.